The first-order valence-electron chi connectivity index (χ1n) is 6.18. The van der Waals surface area contributed by atoms with Gasteiger partial charge < -0.3 is 11.7 Å². The first-order valence-corrected chi connectivity index (χ1v) is 7.82. The lowest BCUT2D eigenvalue weighted by Crippen LogP contribution is -2.20. The summed E-state index contributed by atoms with van der Waals surface area (Å²) in [5.41, 5.74) is 3.61. The molecule has 4 nitrogen and oxygen atoms in total. The van der Waals surface area contributed by atoms with Crippen LogP contribution in [0.3, 0.4) is 0 Å². The van der Waals surface area contributed by atoms with Gasteiger partial charge in [-0.2, -0.15) is 10.2 Å². The van der Waals surface area contributed by atoms with Crippen molar-refractivity contribution in [2.75, 3.05) is 0 Å². The molecule has 0 bridgehead atoms. The molecule has 20 heavy (non-hydrogen) atoms. The number of nitrogens with zero attached hydrogens (tertiary/aromatic N) is 2. The molecule has 0 aliphatic rings. The van der Waals surface area contributed by atoms with Crippen molar-refractivity contribution in [3.05, 3.63) is 42.8 Å². The van der Waals surface area contributed by atoms with Crippen molar-refractivity contribution in [3.63, 3.8) is 0 Å². The average molecular weight is 306 g/mol. The van der Waals surface area contributed by atoms with Crippen LogP contribution in [0.2, 0.25) is 0 Å². The van der Waals surface area contributed by atoms with Gasteiger partial charge in [0.15, 0.2) is 0 Å². The maximum Gasteiger partial charge on any atom is 0.129 e. The van der Waals surface area contributed by atoms with Crippen molar-refractivity contribution < 1.29 is 0 Å². The monoisotopic (exact) mass is 306 g/mol. The predicted octanol–water partition coefficient (Wildman–Crippen LogP) is 3.07. The van der Waals surface area contributed by atoms with Gasteiger partial charge in [0.2, 0.25) is 0 Å². The zero-order chi connectivity index (χ0) is 14.9. The Morgan fingerprint density at radius 3 is 1.35 bits per heavy atom. The van der Waals surface area contributed by atoms with E-state index in [1.165, 1.54) is 9.75 Å². The number of rotatable bonds is 3. The second-order valence-corrected chi connectivity index (χ2v) is 7.21. The minimum Gasteiger partial charge on any atom is -0.323 e. The second-order valence-electron chi connectivity index (χ2n) is 4.69. The summed E-state index contributed by atoms with van der Waals surface area (Å²) in [6, 6.07) is 4.23. The van der Waals surface area contributed by atoms with E-state index in [1.54, 1.807) is 22.7 Å². The molecule has 106 valence electrons. The number of nitrogens with two attached hydrogens (primary N) is 2. The highest BCUT2D eigenvalue weighted by molar-refractivity contribution is 7.17. The van der Waals surface area contributed by atoms with Crippen LogP contribution < -0.4 is 11.7 Å². The Labute approximate surface area is 126 Å². The largest absolute Gasteiger partial charge is 0.323 e. The molecule has 0 atom stereocenters. The third kappa shape index (κ3) is 2.62. The molecule has 2 rings (SSSR count). The Kier molecular flexibility index (Phi) is 4.25. The maximum absolute atomic E-state index is 5.62. The van der Waals surface area contributed by atoms with E-state index in [1.807, 2.05) is 13.8 Å². The van der Waals surface area contributed by atoms with Gasteiger partial charge in [-0.3, -0.25) is 0 Å². The van der Waals surface area contributed by atoms with Crippen LogP contribution >= 0.6 is 22.7 Å². The fraction of sp³-hybridized carbons (Fsp3) is 0.286. The summed E-state index contributed by atoms with van der Waals surface area (Å²) in [4.78, 5) is 4.49. The standard InChI is InChI=1S/C14H18N4S2/c1-7-5-9(3)19-13(7)11(17-15)12(18-16)14-8(2)6-10(4)20-14/h5-6H,15-16H2,1-4H3/b17-11+,18-12+. The van der Waals surface area contributed by atoms with Gasteiger partial charge in [0.25, 0.3) is 0 Å². The summed E-state index contributed by atoms with van der Waals surface area (Å²) >= 11 is 3.31. The predicted molar refractivity (Wildman–Crippen MR) is 89.0 cm³/mol. The van der Waals surface area contributed by atoms with E-state index in [0.717, 1.165) is 20.9 Å². The van der Waals surface area contributed by atoms with Crippen LogP contribution in [0.4, 0.5) is 0 Å². The van der Waals surface area contributed by atoms with Gasteiger partial charge in [-0.05, 0) is 51.0 Å². The van der Waals surface area contributed by atoms with Crippen molar-refractivity contribution in [3.8, 4) is 0 Å². The van der Waals surface area contributed by atoms with Gasteiger partial charge in [0, 0.05) is 9.75 Å². The number of hydrazone groups is 2. The Morgan fingerprint density at radius 1 is 0.800 bits per heavy atom. The lowest BCUT2D eigenvalue weighted by molar-refractivity contribution is 1.23. The number of thiophene rings is 2. The Morgan fingerprint density at radius 2 is 1.15 bits per heavy atom. The molecule has 2 aromatic rings. The van der Waals surface area contributed by atoms with Crippen molar-refractivity contribution in [2.45, 2.75) is 27.7 Å². The topological polar surface area (TPSA) is 76.8 Å². The summed E-state index contributed by atoms with van der Waals surface area (Å²) < 4.78 is 0. The molecule has 0 radical (unpaired) electrons. The maximum atomic E-state index is 5.62. The molecule has 2 heterocycles. The average Bonchev–Trinajstić information content (AvgIpc) is 2.88. The van der Waals surface area contributed by atoms with Crippen LogP contribution in [0.1, 0.15) is 30.6 Å². The van der Waals surface area contributed by atoms with E-state index in [-0.39, 0.29) is 0 Å². The molecule has 0 fully saturated rings. The molecular weight excluding hydrogens is 288 g/mol. The van der Waals surface area contributed by atoms with Crippen LogP contribution in [0.25, 0.3) is 0 Å². The third-order valence-corrected chi connectivity index (χ3v) is 5.31. The molecule has 0 aliphatic heterocycles. The quantitative estimate of drug-likeness (QED) is 0.519. The summed E-state index contributed by atoms with van der Waals surface area (Å²) in [7, 11) is 0. The molecule has 6 heteroatoms. The van der Waals surface area contributed by atoms with Crippen molar-refractivity contribution in [1.29, 1.82) is 0 Å². The SMILES string of the molecule is Cc1cc(C)c(C(=N/N)/C(=N\N)c2sc(C)cc2C)s1. The molecule has 0 unspecified atom stereocenters. The summed E-state index contributed by atoms with van der Waals surface area (Å²) in [5.74, 6) is 11.2. The van der Waals surface area contributed by atoms with Gasteiger partial charge in [0.1, 0.15) is 11.4 Å². The van der Waals surface area contributed by atoms with Gasteiger partial charge in [0.05, 0.1) is 9.75 Å². The minimum absolute atomic E-state index is 0.660. The highest BCUT2D eigenvalue weighted by Gasteiger charge is 2.21. The van der Waals surface area contributed by atoms with Crippen LogP contribution in [0.5, 0.6) is 0 Å². The summed E-state index contributed by atoms with van der Waals surface area (Å²) in [5, 5.41) is 7.91. The number of hydrogen-bond donors (Lipinski definition) is 2. The fourth-order valence-corrected chi connectivity index (χ4v) is 4.25. The molecule has 0 amide bonds. The lowest BCUT2D eigenvalue weighted by Gasteiger charge is -2.07. The Hall–Kier alpha value is -1.66. The number of aryl methyl sites for hydroxylation is 4. The second kappa shape index (κ2) is 5.76. The van der Waals surface area contributed by atoms with Gasteiger partial charge in [-0.25, -0.2) is 0 Å². The molecule has 0 aliphatic carbocycles. The van der Waals surface area contributed by atoms with E-state index in [0.29, 0.717) is 11.4 Å². The lowest BCUT2D eigenvalue weighted by atomic mass is 10.1. The van der Waals surface area contributed by atoms with Crippen molar-refractivity contribution in [2.24, 2.45) is 21.9 Å². The fourth-order valence-electron chi connectivity index (χ4n) is 2.21. The van der Waals surface area contributed by atoms with E-state index in [2.05, 4.69) is 36.2 Å². The first kappa shape index (κ1) is 14.7. The van der Waals surface area contributed by atoms with E-state index < -0.39 is 0 Å². The van der Waals surface area contributed by atoms with Gasteiger partial charge in [-0.1, -0.05) is 0 Å². The zero-order valence-electron chi connectivity index (χ0n) is 12.0. The van der Waals surface area contributed by atoms with Crippen LogP contribution in [-0.2, 0) is 0 Å². The van der Waals surface area contributed by atoms with E-state index >= 15 is 0 Å². The van der Waals surface area contributed by atoms with E-state index in [9.17, 15) is 0 Å². The van der Waals surface area contributed by atoms with Crippen LogP contribution in [0.15, 0.2) is 22.3 Å². The molecule has 0 saturated carbocycles. The van der Waals surface area contributed by atoms with Gasteiger partial charge in [-0.15, -0.1) is 22.7 Å². The van der Waals surface area contributed by atoms with Crippen molar-refractivity contribution in [1.82, 2.24) is 0 Å². The number of hydrogen-bond acceptors (Lipinski definition) is 6. The minimum atomic E-state index is 0.660. The molecule has 0 spiro atoms. The van der Waals surface area contributed by atoms with Crippen molar-refractivity contribution >= 4 is 34.1 Å². The van der Waals surface area contributed by atoms with E-state index in [4.69, 9.17) is 11.7 Å². The molecule has 0 aromatic carbocycles. The molecule has 4 N–H and O–H groups in total. The Bertz CT molecular complexity index is 632. The highest BCUT2D eigenvalue weighted by atomic mass is 32.1. The first-order chi connectivity index (χ1) is 9.47. The summed E-state index contributed by atoms with van der Waals surface area (Å²) in [6.45, 7) is 8.22. The molecular formula is C14H18N4S2. The highest BCUT2D eigenvalue weighted by Crippen LogP contribution is 2.27. The van der Waals surface area contributed by atoms with Crippen LogP contribution in [0, 0.1) is 27.7 Å². The third-order valence-electron chi connectivity index (χ3n) is 2.99. The summed E-state index contributed by atoms with van der Waals surface area (Å²) in [6.07, 6.45) is 0. The molecule has 2 aromatic heterocycles. The smallest absolute Gasteiger partial charge is 0.129 e. The Balaban J connectivity index is 2.56. The normalized spacial score (nSPS) is 13.0. The van der Waals surface area contributed by atoms with Crippen LogP contribution in [-0.4, -0.2) is 11.4 Å². The molecule has 0 saturated heterocycles. The van der Waals surface area contributed by atoms with Gasteiger partial charge >= 0.3 is 0 Å². The zero-order valence-corrected chi connectivity index (χ0v) is 13.7.